The van der Waals surface area contributed by atoms with Crippen LogP contribution in [0.25, 0.3) is 0 Å². The van der Waals surface area contributed by atoms with Crippen LogP contribution in [0.4, 0.5) is 0 Å². The van der Waals surface area contributed by atoms with Crippen LogP contribution in [0.2, 0.25) is 0 Å². The number of ether oxygens (including phenoxy) is 3. The van der Waals surface area contributed by atoms with Crippen molar-refractivity contribution < 1.29 is 28.6 Å². The van der Waals surface area contributed by atoms with E-state index in [2.05, 4.69) is 93.7 Å². The molecule has 1 unspecified atom stereocenters. The lowest BCUT2D eigenvalue weighted by Gasteiger charge is -2.18. The molecule has 0 aliphatic carbocycles. The monoisotopic (exact) mass is 879 g/mol. The Bertz CT molecular complexity index is 1190. The van der Waals surface area contributed by atoms with Gasteiger partial charge in [-0.15, -0.1) is 0 Å². The largest absolute Gasteiger partial charge is 0.462 e. The molecule has 0 amide bonds. The number of esters is 3. The lowest BCUT2D eigenvalue weighted by Crippen LogP contribution is -2.30. The van der Waals surface area contributed by atoms with Gasteiger partial charge in [0, 0.05) is 19.3 Å². The molecule has 1 atom stereocenters. The van der Waals surface area contributed by atoms with Crippen molar-refractivity contribution in [3.8, 4) is 0 Å². The zero-order chi connectivity index (χ0) is 45.8. The predicted octanol–water partition coefficient (Wildman–Crippen LogP) is 17.4. The molecule has 0 fully saturated rings. The molecule has 0 aliphatic rings. The maximum atomic E-state index is 12.8. The van der Waals surface area contributed by atoms with Crippen molar-refractivity contribution in [1.82, 2.24) is 0 Å². The van der Waals surface area contributed by atoms with Gasteiger partial charge in [-0.3, -0.25) is 14.4 Å². The number of carbonyl (C=O) groups excluding carboxylic acids is 3. The zero-order valence-electron chi connectivity index (χ0n) is 41.3. The van der Waals surface area contributed by atoms with Crippen LogP contribution >= 0.6 is 0 Å². The van der Waals surface area contributed by atoms with Crippen LogP contribution in [0.15, 0.2) is 72.9 Å². The summed E-state index contributed by atoms with van der Waals surface area (Å²) in [6.45, 7) is 6.44. The summed E-state index contributed by atoms with van der Waals surface area (Å²) in [4.78, 5) is 38.0. The highest BCUT2D eigenvalue weighted by molar-refractivity contribution is 5.71. The number of allylic oxidation sites excluding steroid dienone is 12. The highest BCUT2D eigenvalue weighted by Gasteiger charge is 2.19. The maximum Gasteiger partial charge on any atom is 0.306 e. The minimum Gasteiger partial charge on any atom is -0.462 e. The van der Waals surface area contributed by atoms with Gasteiger partial charge >= 0.3 is 17.9 Å². The van der Waals surface area contributed by atoms with Gasteiger partial charge in [-0.2, -0.15) is 0 Å². The topological polar surface area (TPSA) is 78.9 Å². The molecule has 0 aromatic carbocycles. The fourth-order valence-electron chi connectivity index (χ4n) is 7.19. The van der Waals surface area contributed by atoms with Gasteiger partial charge in [0.15, 0.2) is 6.10 Å². The summed E-state index contributed by atoms with van der Waals surface area (Å²) in [6.07, 6.45) is 64.6. The van der Waals surface area contributed by atoms with Crippen LogP contribution in [0.5, 0.6) is 0 Å². The molecule has 63 heavy (non-hydrogen) atoms. The van der Waals surface area contributed by atoms with E-state index in [1.54, 1.807) is 0 Å². The Labute approximate surface area is 389 Å². The molecule has 0 heterocycles. The first-order valence-corrected chi connectivity index (χ1v) is 26.5. The summed E-state index contributed by atoms with van der Waals surface area (Å²) in [5, 5.41) is 0. The predicted molar refractivity (Wildman–Crippen MR) is 270 cm³/mol. The van der Waals surface area contributed by atoms with E-state index in [1.165, 1.54) is 103 Å². The van der Waals surface area contributed by atoms with Crippen molar-refractivity contribution >= 4 is 17.9 Å². The van der Waals surface area contributed by atoms with Gasteiger partial charge < -0.3 is 14.2 Å². The molecule has 6 heteroatoms. The van der Waals surface area contributed by atoms with Gasteiger partial charge in [-0.25, -0.2) is 0 Å². The van der Waals surface area contributed by atoms with Crippen molar-refractivity contribution in [3.05, 3.63) is 72.9 Å². The lowest BCUT2D eigenvalue weighted by molar-refractivity contribution is -0.167. The molecule has 0 saturated carbocycles. The van der Waals surface area contributed by atoms with Crippen molar-refractivity contribution in [2.75, 3.05) is 13.2 Å². The standard InChI is InChI=1S/C57H98O6/c1-4-7-10-13-16-19-22-24-26-28-29-31-32-35-38-41-44-47-50-56(59)62-53-54(52-61-55(58)49-46-43-40-37-34-21-18-15-12-9-6-3)63-57(60)51-48-45-42-39-36-33-30-27-25-23-20-17-14-11-8-5-2/h8,11,15,17-18,20-21,25,27,29,31,34,54H,4-7,9-10,12-14,16,19,22-24,26,28,30,32-33,35-53H2,1-3H3/b11-8-,18-15-,20-17-,27-25-,31-29-,34-21-. The molecular weight excluding hydrogens is 781 g/mol. The molecule has 0 spiro atoms. The number of hydrogen-bond donors (Lipinski definition) is 0. The van der Waals surface area contributed by atoms with E-state index in [0.29, 0.717) is 19.3 Å². The molecule has 0 saturated heterocycles. The lowest BCUT2D eigenvalue weighted by atomic mass is 10.1. The fourth-order valence-corrected chi connectivity index (χ4v) is 7.19. The molecule has 362 valence electrons. The van der Waals surface area contributed by atoms with Crippen molar-refractivity contribution in [1.29, 1.82) is 0 Å². The summed E-state index contributed by atoms with van der Waals surface area (Å²) in [7, 11) is 0. The molecule has 0 radical (unpaired) electrons. The Morgan fingerprint density at radius 1 is 0.349 bits per heavy atom. The minimum absolute atomic E-state index is 0.0938. The average molecular weight is 879 g/mol. The third-order valence-electron chi connectivity index (χ3n) is 11.2. The van der Waals surface area contributed by atoms with Crippen molar-refractivity contribution in [2.45, 2.75) is 258 Å². The van der Waals surface area contributed by atoms with Crippen molar-refractivity contribution in [3.63, 3.8) is 0 Å². The summed E-state index contributed by atoms with van der Waals surface area (Å²) in [5.41, 5.74) is 0. The molecule has 0 rings (SSSR count). The van der Waals surface area contributed by atoms with E-state index < -0.39 is 6.10 Å². The van der Waals surface area contributed by atoms with Crippen LogP contribution < -0.4 is 0 Å². The van der Waals surface area contributed by atoms with Gasteiger partial charge in [-0.05, 0) is 96.3 Å². The average Bonchev–Trinajstić information content (AvgIpc) is 3.28. The van der Waals surface area contributed by atoms with E-state index in [9.17, 15) is 14.4 Å². The third kappa shape index (κ3) is 49.7. The van der Waals surface area contributed by atoms with Gasteiger partial charge in [0.1, 0.15) is 13.2 Å². The van der Waals surface area contributed by atoms with Gasteiger partial charge in [-0.1, -0.05) is 209 Å². The Morgan fingerprint density at radius 2 is 0.683 bits per heavy atom. The molecule has 0 aliphatic heterocycles. The van der Waals surface area contributed by atoms with Crippen LogP contribution in [0.3, 0.4) is 0 Å². The first kappa shape index (κ1) is 59.9. The highest BCUT2D eigenvalue weighted by atomic mass is 16.6. The number of rotatable bonds is 47. The number of unbranched alkanes of at least 4 members (excludes halogenated alkanes) is 25. The first-order valence-electron chi connectivity index (χ1n) is 26.5. The quantitative estimate of drug-likeness (QED) is 0.0199. The van der Waals surface area contributed by atoms with Crippen LogP contribution in [-0.2, 0) is 28.6 Å². The summed E-state index contributed by atoms with van der Waals surface area (Å²) in [6, 6.07) is 0. The molecular formula is C57H98O6. The summed E-state index contributed by atoms with van der Waals surface area (Å²) >= 11 is 0. The van der Waals surface area contributed by atoms with Gasteiger partial charge in [0.05, 0.1) is 0 Å². The third-order valence-corrected chi connectivity index (χ3v) is 11.2. The van der Waals surface area contributed by atoms with Gasteiger partial charge in [0.2, 0.25) is 0 Å². The van der Waals surface area contributed by atoms with Crippen LogP contribution in [0, 0.1) is 0 Å². The second kappa shape index (κ2) is 51.5. The van der Waals surface area contributed by atoms with E-state index >= 15 is 0 Å². The molecule has 0 aromatic heterocycles. The SMILES string of the molecule is CC/C=C\C/C=C\C/C=C\CCCCCCCCC(=O)OC(COC(=O)CCCCC/C=C\C=C/CCCC)COC(=O)CCCCCCC/C=C\CCCCCCCCCCC. The molecule has 6 nitrogen and oxygen atoms in total. The fraction of sp³-hybridized carbons (Fsp3) is 0.737. The van der Waals surface area contributed by atoms with Gasteiger partial charge in [0.25, 0.3) is 0 Å². The molecule has 0 bridgehead atoms. The van der Waals surface area contributed by atoms with E-state index in [-0.39, 0.29) is 31.1 Å². The Kier molecular flexibility index (Phi) is 48.9. The second-order valence-corrected chi connectivity index (χ2v) is 17.4. The zero-order valence-corrected chi connectivity index (χ0v) is 41.3. The van der Waals surface area contributed by atoms with E-state index in [4.69, 9.17) is 14.2 Å². The first-order chi connectivity index (χ1) is 31.0. The Balaban J connectivity index is 4.40. The highest BCUT2D eigenvalue weighted by Crippen LogP contribution is 2.14. The van der Waals surface area contributed by atoms with Crippen LogP contribution in [0.1, 0.15) is 252 Å². The molecule has 0 N–H and O–H groups in total. The summed E-state index contributed by atoms with van der Waals surface area (Å²) in [5.74, 6) is -0.941. The summed E-state index contributed by atoms with van der Waals surface area (Å²) < 4.78 is 16.8. The smallest absolute Gasteiger partial charge is 0.306 e. The second-order valence-electron chi connectivity index (χ2n) is 17.4. The van der Waals surface area contributed by atoms with E-state index in [0.717, 1.165) is 109 Å². The minimum atomic E-state index is -0.796. The maximum absolute atomic E-state index is 12.8. The number of carbonyl (C=O) groups is 3. The van der Waals surface area contributed by atoms with E-state index in [1.807, 2.05) is 0 Å². The Hall–Kier alpha value is -3.15. The number of hydrogen-bond acceptors (Lipinski definition) is 6. The normalized spacial score (nSPS) is 12.6. The van der Waals surface area contributed by atoms with Crippen molar-refractivity contribution in [2.24, 2.45) is 0 Å². The molecule has 0 aromatic rings. The van der Waals surface area contributed by atoms with Crippen LogP contribution in [-0.4, -0.2) is 37.2 Å². The Morgan fingerprint density at radius 3 is 1.14 bits per heavy atom.